The number of carbonyl (C=O) groups excluding carboxylic acids is 3. The number of fused-ring (bicyclic) bond motifs is 1. The molecule has 0 unspecified atom stereocenters. The van der Waals surface area contributed by atoms with E-state index in [1.165, 1.54) is 16.7 Å². The van der Waals surface area contributed by atoms with Gasteiger partial charge in [-0.3, -0.25) is 14.5 Å². The summed E-state index contributed by atoms with van der Waals surface area (Å²) in [6.45, 7) is 1.22. The van der Waals surface area contributed by atoms with Crippen LogP contribution in [0, 0.1) is 0 Å². The maximum absolute atomic E-state index is 12.5. The van der Waals surface area contributed by atoms with Gasteiger partial charge < -0.3 is 10.2 Å². The fourth-order valence-corrected chi connectivity index (χ4v) is 5.28. The van der Waals surface area contributed by atoms with Crippen molar-refractivity contribution in [3.05, 3.63) is 24.3 Å². The van der Waals surface area contributed by atoms with Gasteiger partial charge in [0.15, 0.2) is 4.34 Å². The maximum atomic E-state index is 12.5. The highest BCUT2D eigenvalue weighted by Gasteiger charge is 2.37. The number of likely N-dealkylation sites (tertiary alicyclic amines) is 1. The van der Waals surface area contributed by atoms with Crippen LogP contribution in [0.5, 0.6) is 0 Å². The van der Waals surface area contributed by atoms with Crippen LogP contribution in [-0.2, 0) is 9.59 Å². The molecule has 4 rings (SSSR count). The molecular formula is C17H18N4O3S2. The number of imide groups is 1. The van der Waals surface area contributed by atoms with Gasteiger partial charge in [0.05, 0.1) is 22.5 Å². The molecule has 2 aromatic rings. The predicted molar refractivity (Wildman–Crippen MR) is 100 cm³/mol. The molecule has 0 atom stereocenters. The number of hydrogen-bond acceptors (Lipinski definition) is 6. The van der Waals surface area contributed by atoms with Crippen molar-refractivity contribution in [2.75, 3.05) is 25.4 Å². The van der Waals surface area contributed by atoms with Gasteiger partial charge in [0.25, 0.3) is 0 Å². The number of nitrogens with one attached hydrogen (secondary N) is 1. The van der Waals surface area contributed by atoms with Crippen LogP contribution in [-0.4, -0.2) is 64.1 Å². The summed E-state index contributed by atoms with van der Waals surface area (Å²) < 4.78 is 2.02. The average Bonchev–Trinajstić information content (AvgIpc) is 3.22. The first-order chi connectivity index (χ1) is 12.6. The number of amides is 4. The first kappa shape index (κ1) is 17.3. The molecule has 3 heterocycles. The zero-order valence-electron chi connectivity index (χ0n) is 14.0. The number of piperidine rings is 1. The van der Waals surface area contributed by atoms with Crippen molar-refractivity contribution in [3.63, 3.8) is 0 Å². The summed E-state index contributed by atoms with van der Waals surface area (Å²) in [4.78, 5) is 43.7. The van der Waals surface area contributed by atoms with Gasteiger partial charge in [0.2, 0.25) is 11.8 Å². The standard InChI is InChI=1S/C17H18N4O3S2/c22-14-9-18-16(24)21(14)11-5-7-20(8-6-11)15(23)10-25-17-19-12-3-1-2-4-13(12)26-17/h1-4,11H,5-10H2,(H,18,24). The van der Waals surface area contributed by atoms with E-state index in [1.54, 1.807) is 11.3 Å². The van der Waals surface area contributed by atoms with Crippen LogP contribution in [0.15, 0.2) is 28.6 Å². The number of para-hydroxylation sites is 1. The van der Waals surface area contributed by atoms with Gasteiger partial charge in [0, 0.05) is 19.1 Å². The molecule has 4 amide bonds. The quantitative estimate of drug-likeness (QED) is 0.637. The van der Waals surface area contributed by atoms with E-state index < -0.39 is 0 Å². The third-order valence-corrected chi connectivity index (χ3v) is 6.82. The minimum absolute atomic E-state index is 0.0740. The van der Waals surface area contributed by atoms with Crippen molar-refractivity contribution < 1.29 is 14.4 Å². The van der Waals surface area contributed by atoms with Gasteiger partial charge in [-0.2, -0.15) is 0 Å². The van der Waals surface area contributed by atoms with Gasteiger partial charge in [-0.1, -0.05) is 23.9 Å². The molecule has 9 heteroatoms. The number of benzene rings is 1. The van der Waals surface area contributed by atoms with E-state index in [0.29, 0.717) is 31.7 Å². The third kappa shape index (κ3) is 3.41. The van der Waals surface area contributed by atoms with E-state index in [-0.39, 0.29) is 30.4 Å². The van der Waals surface area contributed by atoms with Gasteiger partial charge >= 0.3 is 6.03 Å². The molecule has 0 spiro atoms. The number of carbonyl (C=O) groups is 3. The van der Waals surface area contributed by atoms with E-state index in [9.17, 15) is 14.4 Å². The van der Waals surface area contributed by atoms with Crippen LogP contribution in [0.4, 0.5) is 4.79 Å². The molecule has 1 N–H and O–H groups in total. The van der Waals surface area contributed by atoms with Crippen LogP contribution in [0.1, 0.15) is 12.8 Å². The molecule has 26 heavy (non-hydrogen) atoms. The van der Waals surface area contributed by atoms with E-state index >= 15 is 0 Å². The second kappa shape index (κ2) is 7.24. The van der Waals surface area contributed by atoms with Crippen LogP contribution in [0.25, 0.3) is 10.2 Å². The molecule has 136 valence electrons. The van der Waals surface area contributed by atoms with E-state index in [1.807, 2.05) is 29.2 Å². The minimum Gasteiger partial charge on any atom is -0.342 e. The zero-order chi connectivity index (χ0) is 18.1. The van der Waals surface area contributed by atoms with Crippen LogP contribution in [0.3, 0.4) is 0 Å². The summed E-state index contributed by atoms with van der Waals surface area (Å²) in [6.07, 6.45) is 1.27. The van der Waals surface area contributed by atoms with Crippen LogP contribution in [0.2, 0.25) is 0 Å². The van der Waals surface area contributed by atoms with E-state index in [0.717, 1.165) is 14.6 Å². The number of aromatic nitrogens is 1. The lowest BCUT2D eigenvalue weighted by Crippen LogP contribution is -2.49. The fourth-order valence-electron chi connectivity index (χ4n) is 3.31. The number of thiazole rings is 1. The lowest BCUT2D eigenvalue weighted by atomic mass is 10.0. The molecule has 1 aromatic carbocycles. The summed E-state index contributed by atoms with van der Waals surface area (Å²) in [5, 5.41) is 2.55. The van der Waals surface area contributed by atoms with Gasteiger partial charge in [-0.25, -0.2) is 9.78 Å². The smallest absolute Gasteiger partial charge is 0.324 e. The Balaban J connectivity index is 1.29. The maximum Gasteiger partial charge on any atom is 0.324 e. The molecule has 2 saturated heterocycles. The fraction of sp³-hybridized carbons (Fsp3) is 0.412. The van der Waals surface area contributed by atoms with Gasteiger partial charge in [0.1, 0.15) is 0 Å². The Kier molecular flexibility index (Phi) is 4.82. The Morgan fingerprint density at radius 1 is 1.27 bits per heavy atom. The topological polar surface area (TPSA) is 82.6 Å². The van der Waals surface area contributed by atoms with Gasteiger partial charge in [-0.05, 0) is 25.0 Å². The van der Waals surface area contributed by atoms with E-state index in [2.05, 4.69) is 10.3 Å². The number of rotatable bonds is 4. The predicted octanol–water partition coefficient (Wildman–Crippen LogP) is 1.93. The SMILES string of the molecule is O=C(CSc1nc2ccccc2s1)N1CCC(N2C(=O)CNC2=O)CC1. The molecule has 1 aromatic heterocycles. The summed E-state index contributed by atoms with van der Waals surface area (Å²) >= 11 is 3.06. The lowest BCUT2D eigenvalue weighted by molar-refractivity contribution is -0.131. The highest BCUT2D eigenvalue weighted by atomic mass is 32.2. The van der Waals surface area contributed by atoms with Crippen molar-refractivity contribution >= 4 is 51.2 Å². The Labute approximate surface area is 158 Å². The van der Waals surface area contributed by atoms with Crippen molar-refractivity contribution in [2.45, 2.75) is 23.2 Å². The highest BCUT2D eigenvalue weighted by molar-refractivity contribution is 8.01. The normalized spacial score (nSPS) is 18.6. The summed E-state index contributed by atoms with van der Waals surface area (Å²) in [7, 11) is 0. The Bertz CT molecular complexity index is 812. The molecule has 7 nitrogen and oxygen atoms in total. The summed E-state index contributed by atoms with van der Waals surface area (Å²) in [6, 6.07) is 7.52. The minimum atomic E-state index is -0.314. The van der Waals surface area contributed by atoms with E-state index in [4.69, 9.17) is 0 Å². The average molecular weight is 390 g/mol. The second-order valence-corrected chi connectivity index (χ2v) is 8.52. The number of nitrogens with zero attached hydrogens (tertiary/aromatic N) is 3. The highest BCUT2D eigenvalue weighted by Crippen LogP contribution is 2.29. The van der Waals surface area contributed by atoms with Gasteiger partial charge in [-0.15, -0.1) is 11.3 Å². The molecule has 0 aliphatic carbocycles. The largest absolute Gasteiger partial charge is 0.342 e. The van der Waals surface area contributed by atoms with Crippen LogP contribution < -0.4 is 5.32 Å². The molecule has 0 bridgehead atoms. The number of urea groups is 1. The lowest BCUT2D eigenvalue weighted by Gasteiger charge is -2.35. The van der Waals surface area contributed by atoms with Crippen molar-refractivity contribution in [1.29, 1.82) is 0 Å². The number of hydrogen-bond donors (Lipinski definition) is 1. The van der Waals surface area contributed by atoms with Crippen LogP contribution >= 0.6 is 23.1 Å². The Hall–Kier alpha value is -2.13. The Morgan fingerprint density at radius 3 is 2.73 bits per heavy atom. The summed E-state index contributed by atoms with van der Waals surface area (Å²) in [5.74, 6) is 0.254. The zero-order valence-corrected chi connectivity index (χ0v) is 15.6. The first-order valence-corrected chi connectivity index (χ1v) is 10.3. The monoisotopic (exact) mass is 390 g/mol. The number of thioether (sulfide) groups is 1. The summed E-state index contributed by atoms with van der Waals surface area (Å²) in [5.41, 5.74) is 0.960. The molecular weight excluding hydrogens is 372 g/mol. The van der Waals surface area contributed by atoms with Crippen molar-refractivity contribution in [3.8, 4) is 0 Å². The van der Waals surface area contributed by atoms with Crippen molar-refractivity contribution in [1.82, 2.24) is 20.1 Å². The first-order valence-electron chi connectivity index (χ1n) is 8.48. The third-order valence-electron chi connectivity index (χ3n) is 4.65. The molecule has 0 saturated carbocycles. The Morgan fingerprint density at radius 2 is 2.04 bits per heavy atom. The molecule has 2 fully saturated rings. The molecule has 0 radical (unpaired) electrons. The molecule has 2 aliphatic rings. The van der Waals surface area contributed by atoms with Crippen molar-refractivity contribution in [2.24, 2.45) is 0 Å². The molecule has 2 aliphatic heterocycles. The second-order valence-electron chi connectivity index (χ2n) is 6.27.